The number of hydrogen-bond donors (Lipinski definition) is 0. The van der Waals surface area contributed by atoms with Crippen molar-refractivity contribution in [1.29, 1.82) is 0 Å². The van der Waals surface area contributed by atoms with Gasteiger partial charge in [-0.3, -0.25) is 9.48 Å². The lowest BCUT2D eigenvalue weighted by molar-refractivity contribution is -0.120. The van der Waals surface area contributed by atoms with E-state index in [0.29, 0.717) is 5.92 Å². The van der Waals surface area contributed by atoms with E-state index in [1.807, 2.05) is 15.8 Å². The van der Waals surface area contributed by atoms with Gasteiger partial charge in [0.1, 0.15) is 6.04 Å². The quantitative estimate of drug-likeness (QED) is 0.818. The van der Waals surface area contributed by atoms with Crippen LogP contribution in [0.3, 0.4) is 0 Å². The van der Waals surface area contributed by atoms with Crippen LogP contribution in [0.4, 0.5) is 5.69 Å². The Bertz CT molecular complexity index is 714. The van der Waals surface area contributed by atoms with Crippen LogP contribution in [0.5, 0.6) is 0 Å². The number of aromatic nitrogens is 2. The molecule has 0 radical (unpaired) electrons. The molecular weight excluding hydrogens is 298 g/mol. The Morgan fingerprint density at radius 2 is 1.96 bits per heavy atom. The van der Waals surface area contributed by atoms with Crippen LogP contribution in [-0.2, 0) is 4.79 Å². The van der Waals surface area contributed by atoms with Crippen molar-refractivity contribution >= 4 is 11.6 Å². The third-order valence-corrected chi connectivity index (χ3v) is 4.87. The van der Waals surface area contributed by atoms with Crippen LogP contribution >= 0.6 is 0 Å². The Kier molecular flexibility index (Phi) is 4.74. The van der Waals surface area contributed by atoms with Crippen LogP contribution in [-0.4, -0.2) is 22.2 Å². The van der Waals surface area contributed by atoms with Crippen molar-refractivity contribution in [3.8, 4) is 0 Å². The fourth-order valence-electron chi connectivity index (χ4n) is 3.64. The number of nitrogens with zero attached hydrogens (tertiary/aromatic N) is 3. The summed E-state index contributed by atoms with van der Waals surface area (Å²) < 4.78 is 1.87. The van der Waals surface area contributed by atoms with Crippen LogP contribution in [0.15, 0.2) is 30.5 Å². The first-order valence-corrected chi connectivity index (χ1v) is 8.94. The van der Waals surface area contributed by atoms with Gasteiger partial charge in [-0.2, -0.15) is 5.10 Å². The maximum Gasteiger partial charge on any atom is 0.251 e. The second kappa shape index (κ2) is 6.80. The molecule has 1 aliphatic rings. The van der Waals surface area contributed by atoms with E-state index < -0.39 is 0 Å². The molecule has 24 heavy (non-hydrogen) atoms. The third-order valence-electron chi connectivity index (χ3n) is 4.87. The van der Waals surface area contributed by atoms with Crippen molar-refractivity contribution in [3.63, 3.8) is 0 Å². The number of hydrogen-bond acceptors (Lipinski definition) is 2. The molecule has 0 saturated carbocycles. The van der Waals surface area contributed by atoms with Crippen molar-refractivity contribution in [1.82, 2.24) is 9.78 Å². The number of amides is 1. The zero-order valence-electron chi connectivity index (χ0n) is 15.1. The molecular formula is C20H27N3O. The normalized spacial score (nSPS) is 19.1. The molecule has 1 aromatic heterocycles. The molecule has 0 N–H and O–H groups in total. The summed E-state index contributed by atoms with van der Waals surface area (Å²) in [5.74, 6) is 0.598. The van der Waals surface area contributed by atoms with E-state index in [9.17, 15) is 4.79 Å². The van der Waals surface area contributed by atoms with E-state index in [4.69, 9.17) is 5.10 Å². The molecule has 0 bridgehead atoms. The predicted octanol–water partition coefficient (Wildman–Crippen LogP) is 4.38. The fourth-order valence-corrected chi connectivity index (χ4v) is 3.64. The molecule has 128 valence electrons. The Labute approximate surface area is 144 Å². The van der Waals surface area contributed by atoms with E-state index in [-0.39, 0.29) is 11.9 Å². The van der Waals surface area contributed by atoms with Gasteiger partial charge in [0, 0.05) is 24.3 Å². The van der Waals surface area contributed by atoms with E-state index in [1.165, 1.54) is 11.1 Å². The highest BCUT2D eigenvalue weighted by atomic mass is 16.2. The molecule has 2 unspecified atom stereocenters. The number of benzene rings is 1. The van der Waals surface area contributed by atoms with Crippen molar-refractivity contribution < 1.29 is 4.79 Å². The number of carbonyl (C=O) groups is 1. The van der Waals surface area contributed by atoms with Gasteiger partial charge < -0.3 is 4.90 Å². The first-order valence-electron chi connectivity index (χ1n) is 8.94. The zero-order chi connectivity index (χ0) is 17.3. The van der Waals surface area contributed by atoms with Crippen LogP contribution in [0.1, 0.15) is 61.9 Å². The summed E-state index contributed by atoms with van der Waals surface area (Å²) in [5.41, 5.74) is 4.48. The summed E-state index contributed by atoms with van der Waals surface area (Å²) >= 11 is 0. The number of rotatable bonds is 5. The number of carbonyl (C=O) groups excluding carboxylic acids is 1. The Morgan fingerprint density at radius 3 is 2.62 bits per heavy atom. The lowest BCUT2D eigenvalue weighted by atomic mass is 10.0. The summed E-state index contributed by atoms with van der Waals surface area (Å²) in [5, 5.41) is 4.69. The number of aryl methyl sites for hydroxylation is 2. The highest BCUT2D eigenvalue weighted by Crippen LogP contribution is 2.30. The summed E-state index contributed by atoms with van der Waals surface area (Å²) in [7, 11) is 0. The molecule has 1 saturated heterocycles. The lowest BCUT2D eigenvalue weighted by Gasteiger charge is -2.18. The minimum Gasteiger partial charge on any atom is -0.310 e. The molecule has 1 fully saturated rings. The van der Waals surface area contributed by atoms with Crippen LogP contribution in [0, 0.1) is 13.8 Å². The molecule has 0 aliphatic carbocycles. The van der Waals surface area contributed by atoms with Gasteiger partial charge in [-0.05, 0) is 56.0 Å². The van der Waals surface area contributed by atoms with Crippen LogP contribution < -0.4 is 4.90 Å². The van der Waals surface area contributed by atoms with Crippen molar-refractivity contribution in [2.24, 2.45) is 0 Å². The van der Waals surface area contributed by atoms with Gasteiger partial charge in [-0.25, -0.2) is 0 Å². The fraction of sp³-hybridized carbons (Fsp3) is 0.500. The molecule has 2 aromatic rings. The van der Waals surface area contributed by atoms with Gasteiger partial charge >= 0.3 is 0 Å². The van der Waals surface area contributed by atoms with Crippen molar-refractivity contribution in [2.75, 3.05) is 11.4 Å². The van der Waals surface area contributed by atoms with Gasteiger partial charge in [0.25, 0.3) is 5.91 Å². The third kappa shape index (κ3) is 3.23. The van der Waals surface area contributed by atoms with E-state index in [1.54, 1.807) is 0 Å². The van der Waals surface area contributed by atoms with Gasteiger partial charge in [0.05, 0.1) is 5.69 Å². The molecule has 1 amide bonds. The molecule has 1 aliphatic heterocycles. The SMILES string of the molecule is CCCC(C)c1ccn(C2CCN(c3cc(C)cc(C)c3)C2=O)n1. The van der Waals surface area contributed by atoms with Crippen LogP contribution in [0.2, 0.25) is 0 Å². The second-order valence-electron chi connectivity index (χ2n) is 7.05. The molecule has 2 heterocycles. The molecule has 4 nitrogen and oxygen atoms in total. The first-order chi connectivity index (χ1) is 11.5. The van der Waals surface area contributed by atoms with Crippen LogP contribution in [0.25, 0.3) is 0 Å². The lowest BCUT2D eigenvalue weighted by Crippen LogP contribution is -2.28. The van der Waals surface area contributed by atoms with Gasteiger partial charge in [-0.15, -0.1) is 0 Å². The topological polar surface area (TPSA) is 38.1 Å². The van der Waals surface area contributed by atoms with E-state index >= 15 is 0 Å². The van der Waals surface area contributed by atoms with Crippen molar-refractivity contribution in [3.05, 3.63) is 47.3 Å². The molecule has 3 rings (SSSR count). The van der Waals surface area contributed by atoms with E-state index in [0.717, 1.165) is 37.2 Å². The summed E-state index contributed by atoms with van der Waals surface area (Å²) in [4.78, 5) is 14.8. The van der Waals surface area contributed by atoms with Gasteiger partial charge in [0.2, 0.25) is 0 Å². The molecule has 2 atom stereocenters. The Morgan fingerprint density at radius 1 is 1.25 bits per heavy atom. The van der Waals surface area contributed by atoms with E-state index in [2.05, 4.69) is 52.0 Å². The Balaban J connectivity index is 1.79. The summed E-state index contributed by atoms with van der Waals surface area (Å²) in [6.07, 6.45) is 5.06. The maximum atomic E-state index is 12.9. The zero-order valence-corrected chi connectivity index (χ0v) is 15.1. The number of anilines is 1. The minimum absolute atomic E-state index is 0.151. The van der Waals surface area contributed by atoms with Gasteiger partial charge in [-0.1, -0.05) is 26.3 Å². The highest BCUT2D eigenvalue weighted by molar-refractivity contribution is 5.98. The summed E-state index contributed by atoms with van der Waals surface area (Å²) in [6, 6.07) is 8.20. The summed E-state index contributed by atoms with van der Waals surface area (Å²) in [6.45, 7) is 9.29. The molecule has 0 spiro atoms. The second-order valence-corrected chi connectivity index (χ2v) is 7.05. The average Bonchev–Trinajstić information content (AvgIpc) is 3.13. The average molecular weight is 325 g/mol. The first kappa shape index (κ1) is 16.7. The monoisotopic (exact) mass is 325 g/mol. The predicted molar refractivity (Wildman–Crippen MR) is 97.5 cm³/mol. The molecule has 1 aromatic carbocycles. The smallest absolute Gasteiger partial charge is 0.251 e. The molecule has 4 heteroatoms. The van der Waals surface area contributed by atoms with Gasteiger partial charge in [0.15, 0.2) is 0 Å². The highest BCUT2D eigenvalue weighted by Gasteiger charge is 2.34. The standard InChI is InChI=1S/C20H27N3O/c1-5-6-16(4)18-7-10-23(21-18)19-8-9-22(20(19)24)17-12-14(2)11-15(3)13-17/h7,10-13,16,19H,5-6,8-9H2,1-4H3. The Hall–Kier alpha value is -2.10. The largest absolute Gasteiger partial charge is 0.310 e. The maximum absolute atomic E-state index is 12.9. The minimum atomic E-state index is -0.173. The van der Waals surface area contributed by atoms with Crippen molar-refractivity contribution in [2.45, 2.75) is 58.9 Å².